The van der Waals surface area contributed by atoms with Crippen molar-refractivity contribution in [1.82, 2.24) is 5.32 Å². The van der Waals surface area contributed by atoms with Crippen molar-refractivity contribution < 1.29 is 0 Å². The minimum absolute atomic E-state index is 0.805. The van der Waals surface area contributed by atoms with Crippen LogP contribution in [0, 0.1) is 23.7 Å². The van der Waals surface area contributed by atoms with Gasteiger partial charge in [-0.1, -0.05) is 27.7 Å². The molecule has 0 saturated heterocycles. The molecule has 0 bridgehead atoms. The van der Waals surface area contributed by atoms with Gasteiger partial charge in [0.05, 0.1) is 0 Å². The third kappa shape index (κ3) is 3.71. The van der Waals surface area contributed by atoms with Gasteiger partial charge in [0, 0.05) is 12.1 Å². The van der Waals surface area contributed by atoms with Crippen molar-refractivity contribution in [1.29, 1.82) is 0 Å². The fraction of sp³-hybridized carbons (Fsp3) is 1.00. The van der Waals surface area contributed by atoms with Crippen LogP contribution in [0.1, 0.15) is 66.2 Å². The Morgan fingerprint density at radius 3 is 1.88 bits per heavy atom. The highest BCUT2D eigenvalue weighted by molar-refractivity contribution is 4.86. The maximum absolute atomic E-state index is 3.97. The van der Waals surface area contributed by atoms with E-state index in [1.165, 1.54) is 38.5 Å². The molecule has 2 rings (SSSR count). The lowest BCUT2D eigenvalue weighted by atomic mass is 9.77. The summed E-state index contributed by atoms with van der Waals surface area (Å²) in [5.41, 5.74) is 0. The fourth-order valence-corrected chi connectivity index (χ4v) is 4.12. The predicted octanol–water partition coefficient (Wildman–Crippen LogP) is 4.23. The van der Waals surface area contributed by atoms with Crippen molar-refractivity contribution in [2.75, 3.05) is 0 Å². The van der Waals surface area contributed by atoms with Crippen LogP contribution in [0.5, 0.6) is 0 Å². The summed E-state index contributed by atoms with van der Waals surface area (Å²) in [4.78, 5) is 0. The number of rotatable bonds is 2. The Kier molecular flexibility index (Phi) is 4.52. The maximum atomic E-state index is 3.97. The van der Waals surface area contributed by atoms with Gasteiger partial charge >= 0.3 is 0 Å². The van der Waals surface area contributed by atoms with Crippen molar-refractivity contribution in [2.24, 2.45) is 23.7 Å². The van der Waals surface area contributed by atoms with Crippen molar-refractivity contribution in [3.05, 3.63) is 0 Å². The van der Waals surface area contributed by atoms with Gasteiger partial charge in [0.25, 0.3) is 0 Å². The zero-order valence-electron chi connectivity index (χ0n) is 12.2. The van der Waals surface area contributed by atoms with E-state index < -0.39 is 0 Å². The lowest BCUT2D eigenvalue weighted by molar-refractivity contribution is 0.176. The van der Waals surface area contributed by atoms with E-state index in [0.717, 1.165) is 35.8 Å². The minimum atomic E-state index is 0.805. The van der Waals surface area contributed by atoms with E-state index in [2.05, 4.69) is 33.0 Å². The highest BCUT2D eigenvalue weighted by atomic mass is 15.0. The molecule has 0 aromatic heterocycles. The van der Waals surface area contributed by atoms with E-state index in [1.807, 2.05) is 0 Å². The first kappa shape index (κ1) is 13.4. The molecular weight excluding hydrogens is 206 g/mol. The molecule has 17 heavy (non-hydrogen) atoms. The second-order valence-corrected chi connectivity index (χ2v) is 7.25. The Hall–Kier alpha value is -0.0400. The standard InChI is InChI=1S/C16H31N/c1-11-7-12(2)9-16(8-11)17-15-6-5-13(3)14(4)10-15/h11-17H,5-10H2,1-4H3. The average molecular weight is 237 g/mol. The Balaban J connectivity index is 1.80. The third-order valence-electron chi connectivity index (χ3n) is 5.25. The smallest absolute Gasteiger partial charge is 0.00747 e. The van der Waals surface area contributed by atoms with Crippen LogP contribution in [-0.4, -0.2) is 12.1 Å². The van der Waals surface area contributed by atoms with Gasteiger partial charge in [0.15, 0.2) is 0 Å². The van der Waals surface area contributed by atoms with Gasteiger partial charge < -0.3 is 5.32 Å². The molecule has 100 valence electrons. The largest absolute Gasteiger partial charge is 0.311 e. The molecule has 2 fully saturated rings. The molecule has 1 N–H and O–H groups in total. The van der Waals surface area contributed by atoms with Gasteiger partial charge in [-0.2, -0.15) is 0 Å². The van der Waals surface area contributed by atoms with Gasteiger partial charge in [-0.25, -0.2) is 0 Å². The summed E-state index contributed by atoms with van der Waals surface area (Å²) in [6.45, 7) is 9.71. The molecule has 0 radical (unpaired) electrons. The van der Waals surface area contributed by atoms with E-state index in [0.29, 0.717) is 0 Å². The van der Waals surface area contributed by atoms with Crippen LogP contribution in [-0.2, 0) is 0 Å². The lowest BCUT2D eigenvalue weighted by Crippen LogP contribution is -2.45. The molecule has 2 saturated carbocycles. The topological polar surface area (TPSA) is 12.0 Å². The summed E-state index contributed by atoms with van der Waals surface area (Å²) in [6, 6.07) is 1.61. The van der Waals surface area contributed by atoms with Gasteiger partial charge in [-0.05, 0) is 62.2 Å². The lowest BCUT2D eigenvalue weighted by Gasteiger charge is -2.38. The first-order chi connectivity index (χ1) is 8.04. The van der Waals surface area contributed by atoms with Crippen molar-refractivity contribution in [2.45, 2.75) is 78.3 Å². The molecule has 1 nitrogen and oxygen atoms in total. The first-order valence-electron chi connectivity index (χ1n) is 7.80. The summed E-state index contributed by atoms with van der Waals surface area (Å²) in [5, 5.41) is 3.97. The van der Waals surface area contributed by atoms with E-state index in [4.69, 9.17) is 0 Å². The van der Waals surface area contributed by atoms with Crippen molar-refractivity contribution in [3.63, 3.8) is 0 Å². The quantitative estimate of drug-likeness (QED) is 0.758. The molecule has 0 heterocycles. The number of nitrogens with one attached hydrogen (secondary N) is 1. The van der Waals surface area contributed by atoms with Crippen LogP contribution in [0.25, 0.3) is 0 Å². The SMILES string of the molecule is CC1CC(C)CC(NC2CCC(C)C(C)C2)C1. The van der Waals surface area contributed by atoms with E-state index in [1.54, 1.807) is 0 Å². The molecule has 1 heteroatoms. The Bertz CT molecular complexity index is 228. The van der Waals surface area contributed by atoms with Gasteiger partial charge in [0.1, 0.15) is 0 Å². The molecular formula is C16H31N. The Morgan fingerprint density at radius 1 is 0.647 bits per heavy atom. The molecule has 0 aliphatic heterocycles. The Morgan fingerprint density at radius 2 is 1.29 bits per heavy atom. The Labute approximate surface area is 108 Å². The van der Waals surface area contributed by atoms with Crippen LogP contribution in [0.15, 0.2) is 0 Å². The van der Waals surface area contributed by atoms with Gasteiger partial charge in [-0.15, -0.1) is 0 Å². The molecule has 2 aliphatic carbocycles. The predicted molar refractivity (Wildman–Crippen MR) is 75.1 cm³/mol. The third-order valence-corrected chi connectivity index (χ3v) is 5.25. The number of hydrogen-bond acceptors (Lipinski definition) is 1. The summed E-state index contributed by atoms with van der Waals surface area (Å²) in [7, 11) is 0. The van der Waals surface area contributed by atoms with E-state index in [9.17, 15) is 0 Å². The van der Waals surface area contributed by atoms with Crippen LogP contribution < -0.4 is 5.32 Å². The van der Waals surface area contributed by atoms with Crippen LogP contribution in [0.3, 0.4) is 0 Å². The van der Waals surface area contributed by atoms with Crippen LogP contribution >= 0.6 is 0 Å². The van der Waals surface area contributed by atoms with Gasteiger partial charge in [-0.3, -0.25) is 0 Å². The molecule has 5 unspecified atom stereocenters. The summed E-state index contributed by atoms with van der Waals surface area (Å²) >= 11 is 0. The molecule has 2 aliphatic rings. The first-order valence-corrected chi connectivity index (χ1v) is 7.80. The van der Waals surface area contributed by atoms with E-state index in [-0.39, 0.29) is 0 Å². The summed E-state index contributed by atoms with van der Waals surface area (Å²) in [5.74, 6) is 3.71. The maximum Gasteiger partial charge on any atom is 0.00747 e. The monoisotopic (exact) mass is 237 g/mol. The molecule has 0 aromatic carbocycles. The van der Waals surface area contributed by atoms with Crippen molar-refractivity contribution >= 4 is 0 Å². The normalized spacial score (nSPS) is 48.0. The average Bonchev–Trinajstić information content (AvgIpc) is 2.22. The molecule has 0 spiro atoms. The highest BCUT2D eigenvalue weighted by Gasteiger charge is 2.29. The zero-order valence-corrected chi connectivity index (χ0v) is 12.2. The molecule has 0 amide bonds. The highest BCUT2D eigenvalue weighted by Crippen LogP contribution is 2.32. The second kappa shape index (κ2) is 5.73. The fourth-order valence-electron chi connectivity index (χ4n) is 4.12. The van der Waals surface area contributed by atoms with Crippen LogP contribution in [0.4, 0.5) is 0 Å². The summed E-state index contributed by atoms with van der Waals surface area (Å²) < 4.78 is 0. The zero-order chi connectivity index (χ0) is 12.4. The number of hydrogen-bond donors (Lipinski definition) is 1. The minimum Gasteiger partial charge on any atom is -0.311 e. The summed E-state index contributed by atoms with van der Waals surface area (Å²) in [6.07, 6.45) is 8.49. The van der Waals surface area contributed by atoms with E-state index >= 15 is 0 Å². The molecule has 0 aromatic rings. The molecule has 5 atom stereocenters. The second-order valence-electron chi connectivity index (χ2n) is 7.25. The van der Waals surface area contributed by atoms with Crippen molar-refractivity contribution in [3.8, 4) is 0 Å². The van der Waals surface area contributed by atoms with Crippen LogP contribution in [0.2, 0.25) is 0 Å². The van der Waals surface area contributed by atoms with Gasteiger partial charge in [0.2, 0.25) is 0 Å².